The van der Waals surface area contributed by atoms with E-state index in [0.29, 0.717) is 17.9 Å². The Hall–Kier alpha value is -1.26. The highest BCUT2D eigenvalue weighted by Crippen LogP contribution is 2.50. The number of amides is 2. The number of carboxylic acid groups (broad SMARTS) is 1. The summed E-state index contributed by atoms with van der Waals surface area (Å²) in [5.41, 5.74) is 0.317. The lowest BCUT2D eigenvalue weighted by molar-refractivity contribution is -0.140. The predicted octanol–water partition coefficient (Wildman–Crippen LogP) is 1.44. The zero-order valence-corrected chi connectivity index (χ0v) is 10.9. The highest BCUT2D eigenvalue weighted by atomic mass is 16.4. The lowest BCUT2D eigenvalue weighted by Gasteiger charge is -2.18. The average molecular weight is 242 g/mol. The van der Waals surface area contributed by atoms with Crippen molar-refractivity contribution in [2.45, 2.75) is 40.2 Å². The van der Waals surface area contributed by atoms with Crippen LogP contribution in [0.3, 0.4) is 0 Å². The van der Waals surface area contributed by atoms with Crippen molar-refractivity contribution in [3.63, 3.8) is 0 Å². The van der Waals surface area contributed by atoms with Crippen molar-refractivity contribution < 1.29 is 14.7 Å². The summed E-state index contributed by atoms with van der Waals surface area (Å²) in [4.78, 5) is 22.4. The second-order valence-corrected chi connectivity index (χ2v) is 5.80. The average Bonchev–Trinajstić information content (AvgIpc) is 2.79. The van der Waals surface area contributed by atoms with Gasteiger partial charge in [-0.3, -0.25) is 0 Å². The standard InChI is InChI=1S/C12H22N2O3/c1-7(2)9(10(15)16)14-11(17)13-6-8-5-12(8,3)4/h7-9H,5-6H2,1-4H3,(H,15,16)(H2,13,14,17). The van der Waals surface area contributed by atoms with Crippen LogP contribution in [0.5, 0.6) is 0 Å². The van der Waals surface area contributed by atoms with E-state index in [-0.39, 0.29) is 5.92 Å². The molecule has 98 valence electrons. The van der Waals surface area contributed by atoms with Gasteiger partial charge in [0.25, 0.3) is 0 Å². The van der Waals surface area contributed by atoms with Crippen LogP contribution in [0.4, 0.5) is 4.79 Å². The second-order valence-electron chi connectivity index (χ2n) is 5.80. The van der Waals surface area contributed by atoms with Crippen molar-refractivity contribution in [3.8, 4) is 0 Å². The molecular weight excluding hydrogens is 220 g/mol. The lowest BCUT2D eigenvalue weighted by atomic mass is 10.1. The minimum Gasteiger partial charge on any atom is -0.480 e. The molecule has 1 fully saturated rings. The Morgan fingerprint density at radius 3 is 2.29 bits per heavy atom. The van der Waals surface area contributed by atoms with Crippen LogP contribution in [-0.4, -0.2) is 29.7 Å². The molecule has 0 aliphatic heterocycles. The van der Waals surface area contributed by atoms with Gasteiger partial charge in [-0.25, -0.2) is 9.59 Å². The first-order valence-electron chi connectivity index (χ1n) is 6.01. The van der Waals surface area contributed by atoms with Crippen LogP contribution in [0.2, 0.25) is 0 Å². The van der Waals surface area contributed by atoms with Crippen LogP contribution in [0.1, 0.15) is 34.1 Å². The molecular formula is C12H22N2O3. The minimum atomic E-state index is -0.998. The molecule has 0 aromatic heterocycles. The van der Waals surface area contributed by atoms with E-state index in [1.54, 1.807) is 13.8 Å². The number of carbonyl (C=O) groups is 2. The molecule has 0 heterocycles. The Balaban J connectivity index is 2.31. The molecule has 5 heteroatoms. The summed E-state index contributed by atoms with van der Waals surface area (Å²) in [7, 11) is 0. The van der Waals surface area contributed by atoms with Gasteiger partial charge in [0.1, 0.15) is 6.04 Å². The number of nitrogens with one attached hydrogen (secondary N) is 2. The molecule has 1 rings (SSSR count). The van der Waals surface area contributed by atoms with E-state index in [2.05, 4.69) is 24.5 Å². The van der Waals surface area contributed by atoms with Crippen molar-refractivity contribution >= 4 is 12.0 Å². The van der Waals surface area contributed by atoms with Crippen molar-refractivity contribution in [1.82, 2.24) is 10.6 Å². The van der Waals surface area contributed by atoms with Gasteiger partial charge in [-0.05, 0) is 23.7 Å². The highest BCUT2D eigenvalue weighted by Gasteiger charge is 2.45. The van der Waals surface area contributed by atoms with Crippen molar-refractivity contribution in [2.75, 3.05) is 6.54 Å². The highest BCUT2D eigenvalue weighted by molar-refractivity contribution is 5.82. The second kappa shape index (κ2) is 4.94. The molecule has 0 radical (unpaired) electrons. The third kappa shape index (κ3) is 3.91. The number of urea groups is 1. The predicted molar refractivity (Wildman–Crippen MR) is 64.7 cm³/mol. The van der Waals surface area contributed by atoms with Crippen LogP contribution in [0, 0.1) is 17.3 Å². The fourth-order valence-electron chi connectivity index (χ4n) is 1.85. The Kier molecular flexibility index (Phi) is 4.01. The van der Waals surface area contributed by atoms with Crippen LogP contribution in [-0.2, 0) is 4.79 Å². The molecule has 2 amide bonds. The summed E-state index contributed by atoms with van der Waals surface area (Å²) in [6.45, 7) is 8.46. The first kappa shape index (κ1) is 13.8. The summed E-state index contributed by atoms with van der Waals surface area (Å²) in [5.74, 6) is -0.618. The van der Waals surface area contributed by atoms with Crippen molar-refractivity contribution in [2.24, 2.45) is 17.3 Å². The van der Waals surface area contributed by atoms with Crippen molar-refractivity contribution in [3.05, 3.63) is 0 Å². The fourth-order valence-corrected chi connectivity index (χ4v) is 1.85. The van der Waals surface area contributed by atoms with Gasteiger partial charge >= 0.3 is 12.0 Å². The molecule has 1 aliphatic rings. The molecule has 2 atom stereocenters. The van der Waals surface area contributed by atoms with Gasteiger partial charge in [0.15, 0.2) is 0 Å². The molecule has 1 saturated carbocycles. The van der Waals surface area contributed by atoms with Crippen LogP contribution in [0.15, 0.2) is 0 Å². The molecule has 0 saturated heterocycles. The molecule has 0 spiro atoms. The van der Waals surface area contributed by atoms with Crippen molar-refractivity contribution in [1.29, 1.82) is 0 Å². The summed E-state index contributed by atoms with van der Waals surface area (Å²) < 4.78 is 0. The van der Waals surface area contributed by atoms with Gasteiger partial charge in [-0.1, -0.05) is 27.7 Å². The summed E-state index contributed by atoms with van der Waals surface area (Å²) in [6.07, 6.45) is 1.11. The van der Waals surface area contributed by atoms with Gasteiger partial charge < -0.3 is 15.7 Å². The monoisotopic (exact) mass is 242 g/mol. The maximum absolute atomic E-state index is 11.5. The maximum Gasteiger partial charge on any atom is 0.326 e. The van der Waals surface area contributed by atoms with Crippen LogP contribution >= 0.6 is 0 Å². The molecule has 0 aromatic rings. The Morgan fingerprint density at radius 1 is 1.41 bits per heavy atom. The largest absolute Gasteiger partial charge is 0.480 e. The Bertz CT molecular complexity index is 313. The van der Waals surface area contributed by atoms with E-state index in [1.165, 1.54) is 0 Å². The number of aliphatic carboxylic acids is 1. The number of hydrogen-bond donors (Lipinski definition) is 3. The van der Waals surface area contributed by atoms with Crippen LogP contribution < -0.4 is 10.6 Å². The van der Waals surface area contributed by atoms with E-state index in [1.807, 2.05) is 0 Å². The molecule has 0 aromatic carbocycles. The van der Waals surface area contributed by atoms with Crippen LogP contribution in [0.25, 0.3) is 0 Å². The minimum absolute atomic E-state index is 0.129. The summed E-state index contributed by atoms with van der Waals surface area (Å²) in [6, 6.07) is -1.23. The number of carboxylic acids is 1. The SMILES string of the molecule is CC(C)C(NC(=O)NCC1CC1(C)C)C(=O)O. The Labute approximate surface area is 102 Å². The van der Waals surface area contributed by atoms with E-state index >= 15 is 0 Å². The van der Waals surface area contributed by atoms with Gasteiger partial charge in [-0.2, -0.15) is 0 Å². The summed E-state index contributed by atoms with van der Waals surface area (Å²) >= 11 is 0. The normalized spacial score (nSPS) is 23.0. The van der Waals surface area contributed by atoms with Gasteiger partial charge in [-0.15, -0.1) is 0 Å². The summed E-state index contributed by atoms with van der Waals surface area (Å²) in [5, 5.41) is 14.1. The molecule has 2 unspecified atom stereocenters. The van der Waals surface area contributed by atoms with Gasteiger partial charge in [0.2, 0.25) is 0 Å². The van der Waals surface area contributed by atoms with E-state index in [9.17, 15) is 9.59 Å². The fraction of sp³-hybridized carbons (Fsp3) is 0.833. The zero-order valence-electron chi connectivity index (χ0n) is 10.9. The first-order chi connectivity index (χ1) is 7.74. The van der Waals surface area contributed by atoms with Gasteiger partial charge in [0.05, 0.1) is 0 Å². The lowest BCUT2D eigenvalue weighted by Crippen LogP contribution is -2.49. The topological polar surface area (TPSA) is 78.4 Å². The molecule has 17 heavy (non-hydrogen) atoms. The molecule has 5 nitrogen and oxygen atoms in total. The molecule has 0 bridgehead atoms. The van der Waals surface area contributed by atoms with E-state index < -0.39 is 18.0 Å². The van der Waals surface area contributed by atoms with E-state index in [0.717, 1.165) is 6.42 Å². The zero-order chi connectivity index (χ0) is 13.2. The molecule has 3 N–H and O–H groups in total. The van der Waals surface area contributed by atoms with Gasteiger partial charge in [0, 0.05) is 6.54 Å². The third-order valence-corrected chi connectivity index (χ3v) is 3.45. The first-order valence-corrected chi connectivity index (χ1v) is 6.01. The quantitative estimate of drug-likeness (QED) is 0.682. The molecule has 1 aliphatic carbocycles. The number of rotatable bonds is 5. The third-order valence-electron chi connectivity index (χ3n) is 3.45. The maximum atomic E-state index is 11.5. The van der Waals surface area contributed by atoms with E-state index in [4.69, 9.17) is 5.11 Å². The Morgan fingerprint density at radius 2 is 1.94 bits per heavy atom. The number of carbonyl (C=O) groups excluding carboxylic acids is 1. The number of hydrogen-bond acceptors (Lipinski definition) is 2. The smallest absolute Gasteiger partial charge is 0.326 e.